The first-order valence-electron chi connectivity index (χ1n) is 5.26. The van der Waals surface area contributed by atoms with Gasteiger partial charge in [-0.15, -0.1) is 0 Å². The summed E-state index contributed by atoms with van der Waals surface area (Å²) >= 11 is 0. The number of aryl methyl sites for hydroxylation is 1. The number of halogens is 3. The Kier molecular flexibility index (Phi) is 3.28. The van der Waals surface area contributed by atoms with Crippen molar-refractivity contribution >= 4 is 11.6 Å². The van der Waals surface area contributed by atoms with Gasteiger partial charge in [0.05, 0.1) is 5.56 Å². The third-order valence-electron chi connectivity index (χ3n) is 2.43. The molecular weight excluding hydrogens is 261 g/mol. The molecule has 19 heavy (non-hydrogen) atoms. The van der Waals surface area contributed by atoms with Gasteiger partial charge in [-0.05, 0) is 31.2 Å². The Morgan fingerprint density at radius 2 is 1.89 bits per heavy atom. The summed E-state index contributed by atoms with van der Waals surface area (Å²) in [5.41, 5.74) is -0.427. The SMILES string of the molecule is Cc1ocnc1C(=O)Nc1ccc(C(F)(F)F)cc1. The number of nitrogens with zero attached hydrogens (tertiary/aromatic N) is 1. The number of aromatic nitrogens is 1. The fourth-order valence-electron chi connectivity index (χ4n) is 1.46. The second kappa shape index (κ2) is 4.75. The van der Waals surface area contributed by atoms with E-state index in [4.69, 9.17) is 4.42 Å². The van der Waals surface area contributed by atoms with E-state index in [9.17, 15) is 18.0 Å². The Labute approximate surface area is 106 Å². The van der Waals surface area contributed by atoms with Gasteiger partial charge in [-0.3, -0.25) is 4.79 Å². The van der Waals surface area contributed by atoms with Crippen LogP contribution < -0.4 is 5.32 Å². The molecule has 4 nitrogen and oxygen atoms in total. The highest BCUT2D eigenvalue weighted by atomic mass is 19.4. The lowest BCUT2D eigenvalue weighted by atomic mass is 10.2. The summed E-state index contributed by atoms with van der Waals surface area (Å²) in [6, 6.07) is 4.14. The highest BCUT2D eigenvalue weighted by Gasteiger charge is 2.30. The van der Waals surface area contributed by atoms with Gasteiger partial charge >= 0.3 is 6.18 Å². The van der Waals surface area contributed by atoms with Crippen molar-refractivity contribution in [3.63, 3.8) is 0 Å². The fourth-order valence-corrected chi connectivity index (χ4v) is 1.46. The first-order valence-corrected chi connectivity index (χ1v) is 5.26. The van der Waals surface area contributed by atoms with Crippen LogP contribution >= 0.6 is 0 Å². The molecule has 0 bridgehead atoms. The van der Waals surface area contributed by atoms with Crippen LogP contribution in [0.5, 0.6) is 0 Å². The molecule has 7 heteroatoms. The van der Waals surface area contributed by atoms with Crippen LogP contribution in [0.15, 0.2) is 35.1 Å². The summed E-state index contributed by atoms with van der Waals surface area (Å²) in [7, 11) is 0. The molecule has 1 N–H and O–H groups in total. The summed E-state index contributed by atoms with van der Waals surface area (Å²) in [5.74, 6) is -0.199. The number of rotatable bonds is 2. The first-order chi connectivity index (χ1) is 8.88. The Balaban J connectivity index is 2.12. The van der Waals surface area contributed by atoms with Crippen LogP contribution in [0.3, 0.4) is 0 Å². The molecule has 0 spiro atoms. The molecule has 0 aliphatic heterocycles. The summed E-state index contributed by atoms with van der Waals surface area (Å²) in [6.45, 7) is 1.56. The molecule has 0 atom stereocenters. The zero-order valence-electron chi connectivity index (χ0n) is 9.78. The van der Waals surface area contributed by atoms with E-state index in [1.54, 1.807) is 6.92 Å². The minimum absolute atomic E-state index is 0.0971. The predicted molar refractivity (Wildman–Crippen MR) is 60.6 cm³/mol. The van der Waals surface area contributed by atoms with Gasteiger partial charge in [-0.25, -0.2) is 4.98 Å². The van der Waals surface area contributed by atoms with E-state index in [1.165, 1.54) is 12.1 Å². The Morgan fingerprint density at radius 1 is 1.26 bits per heavy atom. The van der Waals surface area contributed by atoms with Crippen LogP contribution in [0.2, 0.25) is 0 Å². The van der Waals surface area contributed by atoms with Crippen molar-refractivity contribution in [2.24, 2.45) is 0 Å². The second-order valence-electron chi connectivity index (χ2n) is 3.79. The van der Waals surface area contributed by atoms with E-state index in [-0.39, 0.29) is 11.4 Å². The zero-order chi connectivity index (χ0) is 14.0. The van der Waals surface area contributed by atoms with Crippen molar-refractivity contribution < 1.29 is 22.4 Å². The van der Waals surface area contributed by atoms with Gasteiger partial charge in [0.25, 0.3) is 5.91 Å². The van der Waals surface area contributed by atoms with Crippen molar-refractivity contribution in [1.29, 1.82) is 0 Å². The van der Waals surface area contributed by atoms with Crippen molar-refractivity contribution in [2.45, 2.75) is 13.1 Å². The first kappa shape index (κ1) is 13.1. The summed E-state index contributed by atoms with van der Waals surface area (Å²) in [6.07, 6.45) is -3.28. The standard InChI is InChI=1S/C12H9F3N2O2/c1-7-10(16-6-19-7)11(18)17-9-4-2-8(3-5-9)12(13,14)15/h2-6H,1H3,(H,17,18). The molecule has 0 aliphatic carbocycles. The van der Waals surface area contributed by atoms with E-state index in [0.29, 0.717) is 5.76 Å². The zero-order valence-corrected chi connectivity index (χ0v) is 9.78. The maximum Gasteiger partial charge on any atom is 0.416 e. The van der Waals surface area contributed by atoms with Crippen LogP contribution in [0, 0.1) is 6.92 Å². The molecular formula is C12H9F3N2O2. The van der Waals surface area contributed by atoms with E-state index < -0.39 is 17.6 Å². The largest absolute Gasteiger partial charge is 0.448 e. The number of alkyl halides is 3. The molecule has 0 fully saturated rings. The second-order valence-corrected chi connectivity index (χ2v) is 3.79. The number of anilines is 1. The number of benzene rings is 1. The normalized spacial score (nSPS) is 11.4. The number of amides is 1. The third kappa shape index (κ3) is 2.93. The molecule has 100 valence electrons. The number of nitrogens with one attached hydrogen (secondary N) is 1. The number of hydrogen-bond acceptors (Lipinski definition) is 3. The van der Waals surface area contributed by atoms with E-state index in [1.807, 2.05) is 0 Å². The number of carbonyl (C=O) groups excluding carboxylic acids is 1. The van der Waals surface area contributed by atoms with Gasteiger partial charge < -0.3 is 9.73 Å². The van der Waals surface area contributed by atoms with Crippen LogP contribution in [-0.4, -0.2) is 10.9 Å². The van der Waals surface area contributed by atoms with Crippen molar-refractivity contribution in [2.75, 3.05) is 5.32 Å². The quantitative estimate of drug-likeness (QED) is 0.911. The summed E-state index contributed by atoms with van der Waals surface area (Å²) in [4.78, 5) is 15.4. The molecule has 1 aromatic carbocycles. The summed E-state index contributed by atoms with van der Waals surface area (Å²) in [5, 5.41) is 2.44. The lowest BCUT2D eigenvalue weighted by molar-refractivity contribution is -0.137. The third-order valence-corrected chi connectivity index (χ3v) is 2.43. The number of hydrogen-bond donors (Lipinski definition) is 1. The van der Waals surface area contributed by atoms with Crippen molar-refractivity contribution in [3.05, 3.63) is 47.7 Å². The Hall–Kier alpha value is -2.31. The Bertz CT molecular complexity index is 588. The minimum Gasteiger partial charge on any atom is -0.448 e. The molecule has 2 rings (SSSR count). The molecule has 0 aliphatic rings. The van der Waals surface area contributed by atoms with Crippen molar-refractivity contribution in [1.82, 2.24) is 4.98 Å². The minimum atomic E-state index is -4.40. The van der Waals surface area contributed by atoms with Gasteiger partial charge in [0.15, 0.2) is 12.1 Å². The molecule has 0 unspecified atom stereocenters. The average molecular weight is 270 g/mol. The smallest absolute Gasteiger partial charge is 0.416 e. The average Bonchev–Trinajstić information content (AvgIpc) is 2.75. The van der Waals surface area contributed by atoms with Crippen LogP contribution in [-0.2, 0) is 6.18 Å². The van der Waals surface area contributed by atoms with E-state index in [0.717, 1.165) is 18.5 Å². The highest BCUT2D eigenvalue weighted by Crippen LogP contribution is 2.29. The summed E-state index contributed by atoms with van der Waals surface area (Å²) < 4.78 is 41.9. The topological polar surface area (TPSA) is 55.1 Å². The number of carbonyl (C=O) groups is 1. The van der Waals surface area contributed by atoms with Crippen molar-refractivity contribution in [3.8, 4) is 0 Å². The Morgan fingerprint density at radius 3 is 2.37 bits per heavy atom. The molecule has 0 saturated carbocycles. The molecule has 1 aromatic heterocycles. The maximum absolute atomic E-state index is 12.3. The molecule has 1 heterocycles. The maximum atomic E-state index is 12.3. The predicted octanol–water partition coefficient (Wildman–Crippen LogP) is 3.25. The van der Waals surface area contributed by atoms with Crippen LogP contribution in [0.1, 0.15) is 21.8 Å². The molecule has 0 radical (unpaired) electrons. The number of oxazole rings is 1. The van der Waals surface area contributed by atoms with E-state index >= 15 is 0 Å². The van der Waals surface area contributed by atoms with Gasteiger partial charge in [-0.1, -0.05) is 0 Å². The monoisotopic (exact) mass is 270 g/mol. The van der Waals surface area contributed by atoms with Crippen LogP contribution in [0.4, 0.5) is 18.9 Å². The van der Waals surface area contributed by atoms with Crippen LogP contribution in [0.25, 0.3) is 0 Å². The lowest BCUT2D eigenvalue weighted by Crippen LogP contribution is -2.13. The molecule has 2 aromatic rings. The fraction of sp³-hybridized carbons (Fsp3) is 0.167. The van der Waals surface area contributed by atoms with E-state index in [2.05, 4.69) is 10.3 Å². The molecule has 0 saturated heterocycles. The van der Waals surface area contributed by atoms with Gasteiger partial charge in [0.2, 0.25) is 0 Å². The lowest BCUT2D eigenvalue weighted by Gasteiger charge is -2.08. The molecule has 1 amide bonds. The van der Waals surface area contributed by atoms with Gasteiger partial charge in [-0.2, -0.15) is 13.2 Å². The van der Waals surface area contributed by atoms with Gasteiger partial charge in [0.1, 0.15) is 5.76 Å². The van der Waals surface area contributed by atoms with Gasteiger partial charge in [0, 0.05) is 5.69 Å². The highest BCUT2D eigenvalue weighted by molar-refractivity contribution is 6.03.